The molecule has 0 aliphatic carbocycles. The number of nitrogens with one attached hydrogen (secondary N) is 1. The monoisotopic (exact) mass is 229 g/mol. The molecule has 0 saturated carbocycles. The van der Waals surface area contributed by atoms with Crippen LogP contribution in [0.4, 0.5) is 10.1 Å². The fourth-order valence-electron chi connectivity index (χ4n) is 0.917. The molecule has 14 heavy (non-hydrogen) atoms. The van der Waals surface area contributed by atoms with Gasteiger partial charge >= 0.3 is 0 Å². The van der Waals surface area contributed by atoms with Crippen LogP contribution in [0.2, 0.25) is 5.02 Å². The van der Waals surface area contributed by atoms with Crippen LogP contribution in [0.1, 0.15) is 6.42 Å². The second-order valence-electron chi connectivity index (χ2n) is 2.67. The molecule has 0 aliphatic heterocycles. The van der Waals surface area contributed by atoms with E-state index in [0.717, 1.165) is 0 Å². The van der Waals surface area contributed by atoms with Crippen LogP contribution in [-0.4, -0.2) is 4.99 Å². The van der Waals surface area contributed by atoms with E-state index in [1.54, 1.807) is 12.1 Å². The van der Waals surface area contributed by atoms with Gasteiger partial charge in [0, 0.05) is 12.1 Å². The van der Waals surface area contributed by atoms with E-state index >= 15 is 0 Å². The van der Waals surface area contributed by atoms with Crippen LogP contribution < -0.4 is 5.32 Å². The van der Waals surface area contributed by atoms with Crippen molar-refractivity contribution >= 4 is 34.5 Å². The molecule has 1 rings (SSSR count). The normalized spacial score (nSPS) is 9.57. The molecule has 0 atom stereocenters. The first-order chi connectivity index (χ1) is 6.63. The van der Waals surface area contributed by atoms with Gasteiger partial charge in [-0.1, -0.05) is 29.9 Å². The van der Waals surface area contributed by atoms with Gasteiger partial charge in [0.05, 0.1) is 10.0 Å². The van der Waals surface area contributed by atoms with Crippen LogP contribution in [0.3, 0.4) is 0 Å². The number of halogens is 2. The SMILES string of the molecule is C=CCC(=S)Nc1ccc(F)c(Cl)c1. The van der Waals surface area contributed by atoms with Crippen molar-refractivity contribution in [2.75, 3.05) is 5.32 Å². The molecule has 0 amide bonds. The summed E-state index contributed by atoms with van der Waals surface area (Å²) in [5.41, 5.74) is 0.684. The Hall–Kier alpha value is -0.930. The first-order valence-electron chi connectivity index (χ1n) is 3.99. The van der Waals surface area contributed by atoms with Crippen molar-refractivity contribution in [3.63, 3.8) is 0 Å². The van der Waals surface area contributed by atoms with Gasteiger partial charge < -0.3 is 5.32 Å². The van der Waals surface area contributed by atoms with E-state index in [1.165, 1.54) is 12.1 Å². The zero-order valence-corrected chi connectivity index (χ0v) is 8.96. The Morgan fingerprint density at radius 2 is 2.36 bits per heavy atom. The molecule has 0 radical (unpaired) electrons. The van der Waals surface area contributed by atoms with Gasteiger partial charge in [0.15, 0.2) is 0 Å². The summed E-state index contributed by atoms with van der Waals surface area (Å²) < 4.78 is 12.8. The first kappa shape index (κ1) is 11.1. The molecular formula is C10H9ClFNS. The summed E-state index contributed by atoms with van der Waals surface area (Å²) in [5.74, 6) is -0.438. The van der Waals surface area contributed by atoms with Crippen molar-refractivity contribution in [1.29, 1.82) is 0 Å². The van der Waals surface area contributed by atoms with Gasteiger partial charge in [-0.2, -0.15) is 0 Å². The van der Waals surface area contributed by atoms with Crippen molar-refractivity contribution in [1.82, 2.24) is 0 Å². The molecule has 74 valence electrons. The van der Waals surface area contributed by atoms with Crippen LogP contribution >= 0.6 is 23.8 Å². The van der Waals surface area contributed by atoms with Crippen molar-refractivity contribution in [3.8, 4) is 0 Å². The molecule has 1 N–H and O–H groups in total. The summed E-state index contributed by atoms with van der Waals surface area (Å²) in [6.07, 6.45) is 2.28. The highest BCUT2D eigenvalue weighted by molar-refractivity contribution is 7.80. The molecule has 0 bridgehead atoms. The maximum Gasteiger partial charge on any atom is 0.141 e. The quantitative estimate of drug-likeness (QED) is 0.625. The lowest BCUT2D eigenvalue weighted by molar-refractivity contribution is 0.628. The highest BCUT2D eigenvalue weighted by atomic mass is 35.5. The van der Waals surface area contributed by atoms with Crippen LogP contribution in [0.15, 0.2) is 30.9 Å². The lowest BCUT2D eigenvalue weighted by atomic mass is 10.3. The Labute approximate surface area is 92.6 Å². The summed E-state index contributed by atoms with van der Waals surface area (Å²) in [6, 6.07) is 4.37. The van der Waals surface area contributed by atoms with Gasteiger partial charge in [-0.05, 0) is 18.2 Å². The third kappa shape index (κ3) is 3.09. The fraction of sp³-hybridized carbons (Fsp3) is 0.100. The Kier molecular flexibility index (Phi) is 4.04. The largest absolute Gasteiger partial charge is 0.350 e. The highest BCUT2D eigenvalue weighted by Gasteiger charge is 2.01. The molecule has 4 heteroatoms. The third-order valence-electron chi connectivity index (χ3n) is 1.53. The Morgan fingerprint density at radius 1 is 1.64 bits per heavy atom. The molecule has 0 fully saturated rings. The summed E-state index contributed by atoms with van der Waals surface area (Å²) in [6.45, 7) is 3.56. The average Bonchev–Trinajstić information content (AvgIpc) is 2.12. The number of hydrogen-bond acceptors (Lipinski definition) is 1. The van der Waals surface area contributed by atoms with Gasteiger partial charge in [-0.15, -0.1) is 6.58 Å². The van der Waals surface area contributed by atoms with Crippen molar-refractivity contribution in [2.24, 2.45) is 0 Å². The smallest absolute Gasteiger partial charge is 0.141 e. The Morgan fingerprint density at radius 3 is 2.93 bits per heavy atom. The van der Waals surface area contributed by atoms with Gasteiger partial charge in [-0.3, -0.25) is 0 Å². The predicted molar refractivity (Wildman–Crippen MR) is 62.4 cm³/mol. The van der Waals surface area contributed by atoms with E-state index in [4.69, 9.17) is 23.8 Å². The number of thiocarbonyl (C=S) groups is 1. The minimum atomic E-state index is -0.438. The zero-order valence-electron chi connectivity index (χ0n) is 7.39. The van der Waals surface area contributed by atoms with E-state index in [-0.39, 0.29) is 5.02 Å². The molecule has 1 nitrogen and oxygen atoms in total. The Balaban J connectivity index is 2.72. The molecule has 0 unspecified atom stereocenters. The molecule has 0 saturated heterocycles. The second kappa shape index (κ2) is 5.08. The Bertz CT molecular complexity index is 365. The van der Waals surface area contributed by atoms with Gasteiger partial charge in [0.2, 0.25) is 0 Å². The lowest BCUT2D eigenvalue weighted by Crippen LogP contribution is -2.07. The first-order valence-corrected chi connectivity index (χ1v) is 4.78. The molecule has 1 aromatic rings. The molecule has 0 heterocycles. The zero-order chi connectivity index (χ0) is 10.6. The van der Waals surface area contributed by atoms with Crippen LogP contribution in [0.25, 0.3) is 0 Å². The van der Waals surface area contributed by atoms with Crippen molar-refractivity contribution < 1.29 is 4.39 Å². The molecule has 1 aromatic carbocycles. The van der Waals surface area contributed by atoms with Gasteiger partial charge in [0.1, 0.15) is 5.82 Å². The van der Waals surface area contributed by atoms with Crippen LogP contribution in [0, 0.1) is 5.82 Å². The topological polar surface area (TPSA) is 12.0 Å². The molecule has 0 aromatic heterocycles. The summed E-state index contributed by atoms with van der Waals surface area (Å²) in [7, 11) is 0. The summed E-state index contributed by atoms with van der Waals surface area (Å²) in [5, 5.41) is 3.00. The minimum Gasteiger partial charge on any atom is -0.350 e. The number of anilines is 1. The third-order valence-corrected chi connectivity index (χ3v) is 2.09. The highest BCUT2D eigenvalue weighted by Crippen LogP contribution is 2.19. The molecular weight excluding hydrogens is 221 g/mol. The van der Waals surface area contributed by atoms with Gasteiger partial charge in [0.25, 0.3) is 0 Å². The second-order valence-corrected chi connectivity index (χ2v) is 3.57. The van der Waals surface area contributed by atoms with E-state index in [2.05, 4.69) is 11.9 Å². The maximum atomic E-state index is 12.8. The summed E-state index contributed by atoms with van der Waals surface area (Å²) in [4.78, 5) is 0.627. The average molecular weight is 230 g/mol. The van der Waals surface area contributed by atoms with Crippen LogP contribution in [0.5, 0.6) is 0 Å². The number of benzene rings is 1. The fourth-order valence-corrected chi connectivity index (χ4v) is 1.33. The van der Waals surface area contributed by atoms with Crippen molar-refractivity contribution in [2.45, 2.75) is 6.42 Å². The number of hydrogen-bond donors (Lipinski definition) is 1. The van der Waals surface area contributed by atoms with E-state index in [9.17, 15) is 4.39 Å². The van der Waals surface area contributed by atoms with E-state index < -0.39 is 5.82 Å². The van der Waals surface area contributed by atoms with Crippen molar-refractivity contribution in [3.05, 3.63) is 41.7 Å². The summed E-state index contributed by atoms with van der Waals surface area (Å²) >= 11 is 10.6. The molecule has 0 aliphatic rings. The van der Waals surface area contributed by atoms with E-state index in [1.807, 2.05) is 0 Å². The predicted octanol–water partition coefficient (Wildman–Crippen LogP) is 3.79. The van der Waals surface area contributed by atoms with Crippen LogP contribution in [-0.2, 0) is 0 Å². The van der Waals surface area contributed by atoms with E-state index in [0.29, 0.717) is 17.1 Å². The minimum absolute atomic E-state index is 0.0800. The maximum absolute atomic E-state index is 12.8. The standard InChI is InChI=1S/C10H9ClFNS/c1-2-3-10(14)13-7-4-5-9(12)8(11)6-7/h2,4-6H,1,3H2,(H,13,14). The lowest BCUT2D eigenvalue weighted by Gasteiger charge is -2.06. The molecule has 0 spiro atoms. The van der Waals surface area contributed by atoms with Gasteiger partial charge in [-0.25, -0.2) is 4.39 Å². The number of rotatable bonds is 3.